The summed E-state index contributed by atoms with van der Waals surface area (Å²) in [5.41, 5.74) is 0.687. The van der Waals surface area contributed by atoms with Gasteiger partial charge in [-0.25, -0.2) is 0 Å². The summed E-state index contributed by atoms with van der Waals surface area (Å²) in [6.07, 6.45) is 0.0337. The maximum Gasteiger partial charge on any atom is 0.305 e. The van der Waals surface area contributed by atoms with Crippen molar-refractivity contribution in [2.75, 3.05) is 26.3 Å². The number of carboxylic acids is 1. The number of hydrogen-bond donors (Lipinski definition) is 1. The van der Waals surface area contributed by atoms with Crippen molar-refractivity contribution in [2.24, 2.45) is 0 Å². The van der Waals surface area contributed by atoms with Crippen LogP contribution in [0.2, 0.25) is 0 Å². The molecule has 0 spiro atoms. The summed E-state index contributed by atoms with van der Waals surface area (Å²) in [6.45, 7) is 4.52. The second-order valence-corrected chi connectivity index (χ2v) is 4.12. The van der Waals surface area contributed by atoms with Gasteiger partial charge in [-0.15, -0.1) is 0 Å². The van der Waals surface area contributed by atoms with Crippen LogP contribution in [0, 0.1) is 6.92 Å². The Morgan fingerprint density at radius 2 is 2.29 bits per heavy atom. The molecular formula is C11H16N2O4. The van der Waals surface area contributed by atoms with Crippen molar-refractivity contribution >= 4 is 5.97 Å². The first kappa shape index (κ1) is 12.1. The van der Waals surface area contributed by atoms with Crippen LogP contribution in [0.5, 0.6) is 0 Å². The molecule has 0 amide bonds. The van der Waals surface area contributed by atoms with Crippen molar-refractivity contribution in [3.63, 3.8) is 0 Å². The van der Waals surface area contributed by atoms with Gasteiger partial charge in [0.25, 0.3) is 0 Å². The van der Waals surface area contributed by atoms with E-state index in [1.54, 1.807) is 13.0 Å². The summed E-state index contributed by atoms with van der Waals surface area (Å²) in [4.78, 5) is 13.0. The average Bonchev–Trinajstić information content (AvgIpc) is 2.73. The molecule has 0 radical (unpaired) electrons. The van der Waals surface area contributed by atoms with Crippen molar-refractivity contribution in [1.82, 2.24) is 10.1 Å². The van der Waals surface area contributed by atoms with E-state index < -0.39 is 5.97 Å². The van der Waals surface area contributed by atoms with Crippen molar-refractivity contribution in [2.45, 2.75) is 19.4 Å². The molecule has 6 heteroatoms. The van der Waals surface area contributed by atoms with E-state index >= 15 is 0 Å². The number of hydrogen-bond acceptors (Lipinski definition) is 5. The summed E-state index contributed by atoms with van der Waals surface area (Å²) >= 11 is 0. The summed E-state index contributed by atoms with van der Waals surface area (Å²) in [5.74, 6) is -0.134. The molecule has 1 N–H and O–H groups in total. The predicted molar refractivity (Wildman–Crippen MR) is 58.6 cm³/mol. The zero-order valence-corrected chi connectivity index (χ0v) is 9.76. The average molecular weight is 240 g/mol. The molecule has 2 heterocycles. The summed E-state index contributed by atoms with van der Waals surface area (Å²) in [5, 5.41) is 12.9. The molecular weight excluding hydrogens is 224 g/mol. The number of nitrogens with zero attached hydrogens (tertiary/aromatic N) is 2. The lowest BCUT2D eigenvalue weighted by Gasteiger charge is -2.32. The molecule has 94 valence electrons. The Kier molecular flexibility index (Phi) is 3.75. The summed E-state index contributed by atoms with van der Waals surface area (Å²) < 4.78 is 10.3. The van der Waals surface area contributed by atoms with Crippen LogP contribution in [0.4, 0.5) is 0 Å². The molecule has 1 aliphatic rings. The highest BCUT2D eigenvalue weighted by Crippen LogP contribution is 2.24. The minimum atomic E-state index is -0.831. The Bertz CT molecular complexity index is 385. The molecule has 0 saturated carbocycles. The SMILES string of the molecule is Cc1cc(C(CC(=O)O)N2CCOCC2)no1. The van der Waals surface area contributed by atoms with Gasteiger partial charge in [0.15, 0.2) is 0 Å². The molecule has 1 saturated heterocycles. The zero-order valence-electron chi connectivity index (χ0n) is 9.76. The molecule has 1 unspecified atom stereocenters. The highest BCUT2D eigenvalue weighted by atomic mass is 16.5. The first-order valence-electron chi connectivity index (χ1n) is 5.63. The number of rotatable bonds is 4. The fourth-order valence-electron chi connectivity index (χ4n) is 2.02. The minimum Gasteiger partial charge on any atom is -0.481 e. The van der Waals surface area contributed by atoms with Crippen LogP contribution in [0.25, 0.3) is 0 Å². The van der Waals surface area contributed by atoms with E-state index in [-0.39, 0.29) is 12.5 Å². The number of morpholine rings is 1. The Labute approximate surface area is 99.1 Å². The lowest BCUT2D eigenvalue weighted by atomic mass is 10.1. The number of carboxylic acid groups (broad SMARTS) is 1. The molecule has 0 bridgehead atoms. The van der Waals surface area contributed by atoms with Crippen LogP contribution in [0.1, 0.15) is 23.9 Å². The van der Waals surface area contributed by atoms with Crippen molar-refractivity contribution in [3.05, 3.63) is 17.5 Å². The van der Waals surface area contributed by atoms with Gasteiger partial charge in [0.05, 0.1) is 25.7 Å². The quantitative estimate of drug-likeness (QED) is 0.840. The molecule has 1 aromatic heterocycles. The van der Waals surface area contributed by atoms with Crippen LogP contribution in [-0.4, -0.2) is 47.4 Å². The third-order valence-corrected chi connectivity index (χ3v) is 2.84. The van der Waals surface area contributed by atoms with Crippen LogP contribution in [0.3, 0.4) is 0 Å². The van der Waals surface area contributed by atoms with Crippen LogP contribution in [0.15, 0.2) is 10.6 Å². The van der Waals surface area contributed by atoms with E-state index in [9.17, 15) is 4.79 Å². The monoisotopic (exact) mass is 240 g/mol. The maximum absolute atomic E-state index is 10.9. The smallest absolute Gasteiger partial charge is 0.305 e. The van der Waals surface area contributed by atoms with Gasteiger partial charge in [-0.3, -0.25) is 9.69 Å². The van der Waals surface area contributed by atoms with Gasteiger partial charge in [0, 0.05) is 19.2 Å². The summed E-state index contributed by atoms with van der Waals surface area (Å²) in [6, 6.07) is 1.57. The molecule has 0 aliphatic carbocycles. The molecule has 6 nitrogen and oxygen atoms in total. The molecule has 1 aliphatic heterocycles. The second kappa shape index (κ2) is 5.29. The topological polar surface area (TPSA) is 75.8 Å². The van der Waals surface area contributed by atoms with Crippen molar-refractivity contribution in [1.29, 1.82) is 0 Å². The number of ether oxygens (including phenoxy) is 1. The van der Waals surface area contributed by atoms with Crippen molar-refractivity contribution in [3.8, 4) is 0 Å². The van der Waals surface area contributed by atoms with E-state index in [1.807, 2.05) is 0 Å². The third-order valence-electron chi connectivity index (χ3n) is 2.84. The molecule has 1 aromatic rings. The fraction of sp³-hybridized carbons (Fsp3) is 0.636. The van der Waals surface area contributed by atoms with Crippen molar-refractivity contribution < 1.29 is 19.2 Å². The maximum atomic E-state index is 10.9. The van der Waals surface area contributed by atoms with E-state index in [0.29, 0.717) is 24.7 Å². The van der Waals surface area contributed by atoms with Crippen LogP contribution >= 0.6 is 0 Å². The van der Waals surface area contributed by atoms with Crippen LogP contribution < -0.4 is 0 Å². The van der Waals surface area contributed by atoms with E-state index in [0.717, 1.165) is 13.1 Å². The molecule has 2 rings (SSSR count). The highest BCUT2D eigenvalue weighted by Gasteiger charge is 2.27. The molecule has 17 heavy (non-hydrogen) atoms. The molecule has 1 fully saturated rings. The third kappa shape index (κ3) is 3.04. The van der Waals surface area contributed by atoms with E-state index in [2.05, 4.69) is 10.1 Å². The fourth-order valence-corrected chi connectivity index (χ4v) is 2.02. The Balaban J connectivity index is 2.14. The van der Waals surface area contributed by atoms with E-state index in [1.165, 1.54) is 0 Å². The van der Waals surface area contributed by atoms with Gasteiger partial charge in [-0.2, -0.15) is 0 Å². The molecule has 0 aromatic carbocycles. The first-order chi connectivity index (χ1) is 8.16. The number of aliphatic carboxylic acids is 1. The standard InChI is InChI=1S/C11H16N2O4/c1-8-6-9(12-17-8)10(7-11(14)15)13-2-4-16-5-3-13/h6,10H,2-5,7H2,1H3,(H,14,15). The first-order valence-corrected chi connectivity index (χ1v) is 5.63. The van der Waals surface area contributed by atoms with Gasteiger partial charge < -0.3 is 14.4 Å². The van der Waals surface area contributed by atoms with E-state index in [4.69, 9.17) is 14.4 Å². The number of carbonyl (C=O) groups is 1. The Morgan fingerprint density at radius 1 is 1.59 bits per heavy atom. The van der Waals surface area contributed by atoms with Gasteiger partial charge in [-0.1, -0.05) is 5.16 Å². The minimum absolute atomic E-state index is 0.0337. The Morgan fingerprint density at radius 3 is 2.82 bits per heavy atom. The predicted octanol–water partition coefficient (Wildman–Crippen LogP) is 0.831. The molecule has 1 atom stereocenters. The van der Waals surface area contributed by atoms with Gasteiger partial charge in [0.2, 0.25) is 0 Å². The Hall–Kier alpha value is -1.40. The normalized spacial score (nSPS) is 19.1. The largest absolute Gasteiger partial charge is 0.481 e. The van der Waals surface area contributed by atoms with Gasteiger partial charge >= 0.3 is 5.97 Å². The zero-order chi connectivity index (χ0) is 12.3. The van der Waals surface area contributed by atoms with Crippen LogP contribution in [-0.2, 0) is 9.53 Å². The number of aromatic nitrogens is 1. The summed E-state index contributed by atoms with van der Waals surface area (Å²) in [7, 11) is 0. The lowest BCUT2D eigenvalue weighted by molar-refractivity contribution is -0.139. The highest BCUT2D eigenvalue weighted by molar-refractivity contribution is 5.67. The lowest BCUT2D eigenvalue weighted by Crippen LogP contribution is -2.40. The second-order valence-electron chi connectivity index (χ2n) is 4.12. The van der Waals surface area contributed by atoms with Gasteiger partial charge in [-0.05, 0) is 6.92 Å². The van der Waals surface area contributed by atoms with Gasteiger partial charge in [0.1, 0.15) is 11.5 Å². The number of aryl methyl sites for hydroxylation is 1.